The number of carboxylic acid groups (broad SMARTS) is 1. The maximum absolute atomic E-state index is 12.1. The molecule has 10 heteroatoms. The first-order chi connectivity index (χ1) is 15.9. The highest BCUT2D eigenvalue weighted by molar-refractivity contribution is 5.84. The van der Waals surface area contributed by atoms with Crippen molar-refractivity contribution in [2.45, 2.75) is 19.5 Å². The summed E-state index contributed by atoms with van der Waals surface area (Å²) in [6.45, 7) is 1.72. The predicted octanol–water partition coefficient (Wildman–Crippen LogP) is 3.08. The molecule has 168 valence electrons. The quantitative estimate of drug-likeness (QED) is 0.397. The van der Waals surface area contributed by atoms with Gasteiger partial charge in [-0.25, -0.2) is 4.79 Å². The summed E-state index contributed by atoms with van der Waals surface area (Å²) in [6.07, 6.45) is 0.560. The summed E-state index contributed by atoms with van der Waals surface area (Å²) < 4.78 is 7.58. The van der Waals surface area contributed by atoms with Crippen LogP contribution in [0.15, 0.2) is 65.2 Å². The van der Waals surface area contributed by atoms with Gasteiger partial charge in [0.1, 0.15) is 11.7 Å². The number of aryl methyl sites for hydroxylation is 1. The number of aromatic nitrogens is 4. The van der Waals surface area contributed by atoms with E-state index in [0.29, 0.717) is 23.0 Å². The van der Waals surface area contributed by atoms with E-state index < -0.39 is 18.0 Å². The van der Waals surface area contributed by atoms with Crippen LogP contribution in [0.3, 0.4) is 0 Å². The highest BCUT2D eigenvalue weighted by atomic mass is 16.4. The number of nitrogens with one attached hydrogen (secondary N) is 2. The fourth-order valence-corrected chi connectivity index (χ4v) is 3.31. The second-order valence-corrected chi connectivity index (χ2v) is 7.43. The van der Waals surface area contributed by atoms with E-state index in [1.54, 1.807) is 4.68 Å². The van der Waals surface area contributed by atoms with Crippen LogP contribution in [0.4, 0.5) is 4.79 Å². The normalized spacial score (nSPS) is 11.7. The topological polar surface area (TPSA) is 135 Å². The Morgan fingerprint density at radius 2 is 1.79 bits per heavy atom. The third-order valence-electron chi connectivity index (χ3n) is 4.91. The minimum atomic E-state index is -1.25. The number of hydrogen-bond acceptors (Lipinski definition) is 6. The van der Waals surface area contributed by atoms with Gasteiger partial charge >= 0.3 is 6.09 Å². The Labute approximate surface area is 189 Å². The molecule has 2 aromatic heterocycles. The standard InChI is InChI=1S/C23H22N6O4/c1-14(25-23(31)32)20(30)24-12-15-7-6-10-17(11-15)19-18(13-29(2)28-19)22-27-26-21(33-22)16-8-4-3-5-9-16/h3-11,13-14,25H,12H2,1-2H3,(H,24,30)(H,31,32)/t14-/m0/s1. The van der Waals surface area contributed by atoms with E-state index in [4.69, 9.17) is 9.52 Å². The lowest BCUT2D eigenvalue weighted by Crippen LogP contribution is -2.43. The summed E-state index contributed by atoms with van der Waals surface area (Å²) in [5.41, 5.74) is 3.82. The number of hydrogen-bond donors (Lipinski definition) is 3. The van der Waals surface area contributed by atoms with E-state index >= 15 is 0 Å². The zero-order valence-corrected chi connectivity index (χ0v) is 18.0. The van der Waals surface area contributed by atoms with E-state index in [1.807, 2.05) is 67.8 Å². The minimum Gasteiger partial charge on any atom is -0.465 e. The van der Waals surface area contributed by atoms with Crippen molar-refractivity contribution in [1.29, 1.82) is 0 Å². The molecule has 0 aliphatic carbocycles. The first-order valence-corrected chi connectivity index (χ1v) is 10.2. The lowest BCUT2D eigenvalue weighted by atomic mass is 10.0. The van der Waals surface area contributed by atoms with E-state index in [-0.39, 0.29) is 6.54 Å². The maximum atomic E-state index is 12.1. The van der Waals surface area contributed by atoms with Crippen molar-refractivity contribution in [1.82, 2.24) is 30.6 Å². The number of amides is 2. The molecular formula is C23H22N6O4. The van der Waals surface area contributed by atoms with Crippen molar-refractivity contribution in [2.75, 3.05) is 0 Å². The van der Waals surface area contributed by atoms with Gasteiger partial charge in [0, 0.05) is 30.9 Å². The second kappa shape index (κ2) is 9.35. The van der Waals surface area contributed by atoms with Crippen LogP contribution in [-0.4, -0.2) is 43.1 Å². The Kier molecular flexibility index (Phi) is 6.16. The number of benzene rings is 2. The van der Waals surface area contributed by atoms with Crippen molar-refractivity contribution in [3.63, 3.8) is 0 Å². The summed E-state index contributed by atoms with van der Waals surface area (Å²) in [4.78, 5) is 22.8. The predicted molar refractivity (Wildman–Crippen MR) is 120 cm³/mol. The summed E-state index contributed by atoms with van der Waals surface area (Å²) in [5, 5.41) is 26.5. The molecule has 4 rings (SSSR count). The monoisotopic (exact) mass is 446 g/mol. The molecule has 10 nitrogen and oxygen atoms in total. The Bertz CT molecular complexity index is 1280. The van der Waals surface area contributed by atoms with Crippen LogP contribution in [0.5, 0.6) is 0 Å². The van der Waals surface area contributed by atoms with Gasteiger partial charge in [-0.2, -0.15) is 5.10 Å². The Morgan fingerprint density at radius 3 is 2.55 bits per heavy atom. The van der Waals surface area contributed by atoms with Gasteiger partial charge in [-0.15, -0.1) is 10.2 Å². The van der Waals surface area contributed by atoms with Crippen molar-refractivity contribution >= 4 is 12.0 Å². The largest absolute Gasteiger partial charge is 0.465 e. The van der Waals surface area contributed by atoms with Gasteiger partial charge in [0.05, 0.1) is 5.56 Å². The van der Waals surface area contributed by atoms with Gasteiger partial charge in [0.2, 0.25) is 11.8 Å². The van der Waals surface area contributed by atoms with Crippen molar-refractivity contribution < 1.29 is 19.1 Å². The van der Waals surface area contributed by atoms with Gasteiger partial charge in [0.25, 0.3) is 5.89 Å². The van der Waals surface area contributed by atoms with Gasteiger partial charge in [-0.05, 0) is 30.7 Å². The number of carbonyl (C=O) groups is 2. The van der Waals surface area contributed by atoms with Crippen LogP contribution < -0.4 is 10.6 Å². The van der Waals surface area contributed by atoms with Crippen LogP contribution in [0.1, 0.15) is 12.5 Å². The van der Waals surface area contributed by atoms with E-state index in [0.717, 1.165) is 16.7 Å². The molecule has 2 heterocycles. The SMILES string of the molecule is C[C@H](NC(=O)O)C(=O)NCc1cccc(-c2nn(C)cc2-c2nnc(-c3ccccc3)o2)c1. The molecule has 0 saturated heterocycles. The molecule has 4 aromatic rings. The first-order valence-electron chi connectivity index (χ1n) is 10.2. The average Bonchev–Trinajstić information content (AvgIpc) is 3.44. The lowest BCUT2D eigenvalue weighted by Gasteiger charge is -2.12. The highest BCUT2D eigenvalue weighted by Crippen LogP contribution is 2.32. The minimum absolute atomic E-state index is 0.235. The van der Waals surface area contributed by atoms with E-state index in [2.05, 4.69) is 25.9 Å². The van der Waals surface area contributed by atoms with Crippen LogP contribution in [0, 0.1) is 0 Å². The first kappa shape index (κ1) is 21.8. The number of rotatable bonds is 7. The van der Waals surface area contributed by atoms with Crippen molar-refractivity contribution in [3.05, 3.63) is 66.4 Å². The Hall–Kier alpha value is -4.47. The Balaban J connectivity index is 1.56. The molecule has 0 bridgehead atoms. The van der Waals surface area contributed by atoms with Crippen molar-refractivity contribution in [2.24, 2.45) is 7.05 Å². The zero-order valence-electron chi connectivity index (χ0n) is 18.0. The highest BCUT2D eigenvalue weighted by Gasteiger charge is 2.19. The molecule has 2 aromatic carbocycles. The fourth-order valence-electron chi connectivity index (χ4n) is 3.31. The zero-order chi connectivity index (χ0) is 23.4. The average molecular weight is 446 g/mol. The molecule has 0 spiro atoms. The van der Waals surface area contributed by atoms with Crippen LogP contribution in [0.25, 0.3) is 34.2 Å². The molecule has 2 amide bonds. The van der Waals surface area contributed by atoms with Crippen LogP contribution >= 0.6 is 0 Å². The van der Waals surface area contributed by atoms with Gasteiger partial charge < -0.3 is 20.2 Å². The summed E-state index contributed by atoms with van der Waals surface area (Å²) in [5.74, 6) is 0.353. The summed E-state index contributed by atoms with van der Waals surface area (Å²) in [6, 6.07) is 16.2. The molecule has 0 unspecified atom stereocenters. The molecular weight excluding hydrogens is 424 g/mol. The smallest absolute Gasteiger partial charge is 0.405 e. The fraction of sp³-hybridized carbons (Fsp3) is 0.174. The third-order valence-corrected chi connectivity index (χ3v) is 4.91. The number of carbonyl (C=O) groups excluding carboxylic acids is 1. The van der Waals surface area contributed by atoms with Gasteiger partial charge in [0.15, 0.2) is 0 Å². The molecule has 33 heavy (non-hydrogen) atoms. The van der Waals surface area contributed by atoms with Crippen LogP contribution in [0.2, 0.25) is 0 Å². The third kappa shape index (κ3) is 5.06. The molecule has 0 fully saturated rings. The lowest BCUT2D eigenvalue weighted by molar-refractivity contribution is -0.122. The van der Waals surface area contributed by atoms with E-state index in [1.165, 1.54) is 6.92 Å². The van der Waals surface area contributed by atoms with Gasteiger partial charge in [-0.1, -0.05) is 36.4 Å². The molecule has 1 atom stereocenters. The number of nitrogens with zero attached hydrogens (tertiary/aromatic N) is 4. The summed E-state index contributed by atoms with van der Waals surface area (Å²) in [7, 11) is 1.81. The maximum Gasteiger partial charge on any atom is 0.405 e. The summed E-state index contributed by atoms with van der Waals surface area (Å²) >= 11 is 0. The molecule has 0 aliphatic rings. The van der Waals surface area contributed by atoms with Gasteiger partial charge in [-0.3, -0.25) is 9.48 Å². The Morgan fingerprint density at radius 1 is 1.06 bits per heavy atom. The van der Waals surface area contributed by atoms with E-state index in [9.17, 15) is 9.59 Å². The second-order valence-electron chi connectivity index (χ2n) is 7.43. The molecule has 0 radical (unpaired) electrons. The molecule has 0 saturated carbocycles. The molecule has 3 N–H and O–H groups in total. The van der Waals surface area contributed by atoms with Crippen LogP contribution in [-0.2, 0) is 18.4 Å². The van der Waals surface area contributed by atoms with Crippen molar-refractivity contribution in [3.8, 4) is 34.2 Å². The molecule has 0 aliphatic heterocycles.